The highest BCUT2D eigenvalue weighted by Gasteiger charge is 2.20. The SMILES string of the molecule is CC[C@H](O)c1ccccc1N(CC)CC(C)(C)O. The Hall–Kier alpha value is -1.06. The van der Waals surface area contributed by atoms with E-state index in [0.717, 1.165) is 17.8 Å². The smallest absolute Gasteiger partial charge is 0.0807 e. The first kappa shape index (κ1) is 15.0. The van der Waals surface area contributed by atoms with Crippen LogP contribution in [0.2, 0.25) is 0 Å². The van der Waals surface area contributed by atoms with Crippen LogP contribution >= 0.6 is 0 Å². The second-order valence-corrected chi connectivity index (χ2v) is 5.31. The number of nitrogens with zero attached hydrogens (tertiary/aromatic N) is 1. The number of hydrogen-bond acceptors (Lipinski definition) is 3. The van der Waals surface area contributed by atoms with Gasteiger partial charge in [-0.1, -0.05) is 25.1 Å². The number of para-hydroxylation sites is 1. The quantitative estimate of drug-likeness (QED) is 0.817. The van der Waals surface area contributed by atoms with Crippen molar-refractivity contribution in [3.63, 3.8) is 0 Å². The van der Waals surface area contributed by atoms with Crippen LogP contribution in [0.1, 0.15) is 45.8 Å². The standard InChI is InChI=1S/C15H25NO2/c1-5-14(17)12-9-7-8-10-13(12)16(6-2)11-15(3,4)18/h7-10,14,17-18H,5-6,11H2,1-4H3/t14-/m0/s1. The lowest BCUT2D eigenvalue weighted by Gasteiger charge is -2.32. The molecule has 1 rings (SSSR count). The summed E-state index contributed by atoms with van der Waals surface area (Å²) in [7, 11) is 0. The lowest BCUT2D eigenvalue weighted by Crippen LogP contribution is -2.39. The molecule has 0 aromatic heterocycles. The van der Waals surface area contributed by atoms with Gasteiger partial charge in [-0.05, 0) is 33.3 Å². The van der Waals surface area contributed by atoms with Crippen LogP contribution in [0.15, 0.2) is 24.3 Å². The Kier molecular flexibility index (Phi) is 5.17. The van der Waals surface area contributed by atoms with E-state index in [1.54, 1.807) is 13.8 Å². The van der Waals surface area contributed by atoms with Crippen molar-refractivity contribution < 1.29 is 10.2 Å². The van der Waals surface area contributed by atoms with Crippen molar-refractivity contribution in [1.29, 1.82) is 0 Å². The Morgan fingerprint density at radius 3 is 2.33 bits per heavy atom. The summed E-state index contributed by atoms with van der Waals surface area (Å²) in [6.45, 7) is 8.98. The number of benzene rings is 1. The fourth-order valence-electron chi connectivity index (χ4n) is 2.11. The van der Waals surface area contributed by atoms with Crippen molar-refractivity contribution in [2.75, 3.05) is 18.0 Å². The summed E-state index contributed by atoms with van der Waals surface area (Å²) in [6, 6.07) is 7.86. The van der Waals surface area contributed by atoms with E-state index in [1.165, 1.54) is 0 Å². The van der Waals surface area contributed by atoms with E-state index in [9.17, 15) is 10.2 Å². The van der Waals surface area contributed by atoms with Crippen LogP contribution in [0.3, 0.4) is 0 Å². The summed E-state index contributed by atoms with van der Waals surface area (Å²) in [6.07, 6.45) is 0.244. The topological polar surface area (TPSA) is 43.7 Å². The van der Waals surface area contributed by atoms with Gasteiger partial charge >= 0.3 is 0 Å². The van der Waals surface area contributed by atoms with E-state index >= 15 is 0 Å². The Labute approximate surface area is 110 Å². The van der Waals surface area contributed by atoms with Gasteiger partial charge in [-0.15, -0.1) is 0 Å². The highest BCUT2D eigenvalue weighted by atomic mass is 16.3. The van der Waals surface area contributed by atoms with Crippen molar-refractivity contribution in [2.45, 2.75) is 45.8 Å². The van der Waals surface area contributed by atoms with Crippen molar-refractivity contribution >= 4 is 5.69 Å². The molecule has 0 fully saturated rings. The van der Waals surface area contributed by atoms with Crippen LogP contribution in [0, 0.1) is 0 Å². The number of aliphatic hydroxyl groups excluding tert-OH is 1. The highest BCUT2D eigenvalue weighted by molar-refractivity contribution is 5.54. The zero-order valence-electron chi connectivity index (χ0n) is 11.8. The first-order chi connectivity index (χ1) is 8.39. The minimum Gasteiger partial charge on any atom is -0.389 e. The molecule has 0 saturated heterocycles. The predicted molar refractivity (Wildman–Crippen MR) is 75.9 cm³/mol. The summed E-state index contributed by atoms with van der Waals surface area (Å²) in [5.74, 6) is 0. The summed E-state index contributed by atoms with van der Waals surface area (Å²) in [5.41, 5.74) is 1.20. The number of anilines is 1. The second-order valence-electron chi connectivity index (χ2n) is 5.31. The molecule has 0 aliphatic heterocycles. The number of rotatable bonds is 6. The van der Waals surface area contributed by atoms with Gasteiger partial charge in [-0.25, -0.2) is 0 Å². The van der Waals surface area contributed by atoms with Crippen LogP contribution in [0.25, 0.3) is 0 Å². The number of aliphatic hydroxyl groups is 2. The molecule has 1 aromatic rings. The van der Waals surface area contributed by atoms with Crippen LogP contribution in [-0.4, -0.2) is 28.9 Å². The molecular weight excluding hydrogens is 226 g/mol. The Bertz CT molecular complexity index is 371. The van der Waals surface area contributed by atoms with Crippen molar-refractivity contribution in [3.05, 3.63) is 29.8 Å². The molecule has 0 unspecified atom stereocenters. The van der Waals surface area contributed by atoms with E-state index in [2.05, 4.69) is 11.8 Å². The van der Waals surface area contributed by atoms with Gasteiger partial charge in [0.2, 0.25) is 0 Å². The van der Waals surface area contributed by atoms with Crippen molar-refractivity contribution in [1.82, 2.24) is 0 Å². The molecule has 0 bridgehead atoms. The predicted octanol–water partition coefficient (Wildman–Crippen LogP) is 2.73. The third-order valence-electron chi connectivity index (χ3n) is 2.98. The van der Waals surface area contributed by atoms with E-state index < -0.39 is 11.7 Å². The maximum atomic E-state index is 10.1. The third-order valence-corrected chi connectivity index (χ3v) is 2.98. The van der Waals surface area contributed by atoms with Gasteiger partial charge in [0.05, 0.1) is 11.7 Å². The van der Waals surface area contributed by atoms with Crippen LogP contribution < -0.4 is 4.90 Å². The molecule has 3 heteroatoms. The molecule has 1 atom stereocenters. The molecular formula is C15H25NO2. The highest BCUT2D eigenvalue weighted by Crippen LogP contribution is 2.28. The maximum absolute atomic E-state index is 10.1. The van der Waals surface area contributed by atoms with Gasteiger partial charge in [0.1, 0.15) is 0 Å². The third kappa shape index (κ3) is 4.00. The molecule has 0 aliphatic carbocycles. The summed E-state index contributed by atoms with van der Waals surface area (Å²) in [4.78, 5) is 2.11. The Morgan fingerprint density at radius 2 is 1.83 bits per heavy atom. The first-order valence-electron chi connectivity index (χ1n) is 6.63. The molecule has 0 amide bonds. The lowest BCUT2D eigenvalue weighted by atomic mass is 10.0. The molecule has 0 heterocycles. The summed E-state index contributed by atoms with van der Waals surface area (Å²) >= 11 is 0. The average molecular weight is 251 g/mol. The summed E-state index contributed by atoms with van der Waals surface area (Å²) in [5, 5.41) is 20.0. The number of hydrogen-bond donors (Lipinski definition) is 2. The maximum Gasteiger partial charge on any atom is 0.0807 e. The average Bonchev–Trinajstić information content (AvgIpc) is 2.34. The molecule has 1 aromatic carbocycles. The number of likely N-dealkylation sites (N-methyl/N-ethyl adjacent to an activating group) is 1. The van der Waals surface area contributed by atoms with E-state index in [-0.39, 0.29) is 0 Å². The van der Waals surface area contributed by atoms with Crippen molar-refractivity contribution in [3.8, 4) is 0 Å². The first-order valence-corrected chi connectivity index (χ1v) is 6.63. The van der Waals surface area contributed by atoms with E-state index in [4.69, 9.17) is 0 Å². The van der Waals surface area contributed by atoms with E-state index in [1.807, 2.05) is 31.2 Å². The zero-order chi connectivity index (χ0) is 13.8. The minimum absolute atomic E-state index is 0.447. The molecule has 2 N–H and O–H groups in total. The van der Waals surface area contributed by atoms with Gasteiger partial charge in [0, 0.05) is 24.3 Å². The molecule has 3 nitrogen and oxygen atoms in total. The lowest BCUT2D eigenvalue weighted by molar-refractivity contribution is 0.0873. The van der Waals surface area contributed by atoms with Gasteiger partial charge < -0.3 is 15.1 Å². The monoisotopic (exact) mass is 251 g/mol. The fraction of sp³-hybridized carbons (Fsp3) is 0.600. The molecule has 0 saturated carbocycles. The molecule has 0 spiro atoms. The van der Waals surface area contributed by atoms with Crippen LogP contribution in [-0.2, 0) is 0 Å². The molecule has 102 valence electrons. The molecule has 0 radical (unpaired) electrons. The van der Waals surface area contributed by atoms with Gasteiger partial charge in [0.25, 0.3) is 0 Å². The van der Waals surface area contributed by atoms with Gasteiger partial charge in [-0.3, -0.25) is 0 Å². The van der Waals surface area contributed by atoms with Crippen molar-refractivity contribution in [2.24, 2.45) is 0 Å². The van der Waals surface area contributed by atoms with E-state index in [0.29, 0.717) is 13.0 Å². The minimum atomic E-state index is -0.750. The fourth-order valence-corrected chi connectivity index (χ4v) is 2.11. The Balaban J connectivity index is 3.05. The molecule has 0 aliphatic rings. The van der Waals surface area contributed by atoms with Gasteiger partial charge in [-0.2, -0.15) is 0 Å². The van der Waals surface area contributed by atoms with Crippen LogP contribution in [0.5, 0.6) is 0 Å². The molecule has 18 heavy (non-hydrogen) atoms. The summed E-state index contributed by atoms with van der Waals surface area (Å²) < 4.78 is 0. The van der Waals surface area contributed by atoms with Crippen LogP contribution in [0.4, 0.5) is 5.69 Å². The largest absolute Gasteiger partial charge is 0.389 e. The zero-order valence-corrected chi connectivity index (χ0v) is 11.8. The Morgan fingerprint density at radius 1 is 1.22 bits per heavy atom. The van der Waals surface area contributed by atoms with Gasteiger partial charge in [0.15, 0.2) is 0 Å². The second kappa shape index (κ2) is 6.21. The normalized spacial score (nSPS) is 13.4.